The third-order valence-corrected chi connectivity index (χ3v) is 3.70. The largest absolute Gasteiger partial charge is 0.481 e. The van der Waals surface area contributed by atoms with Crippen molar-refractivity contribution in [3.8, 4) is 0 Å². The van der Waals surface area contributed by atoms with E-state index in [4.69, 9.17) is 5.11 Å². The SMILES string of the molecule is Cc1ccccc1C(F)(F)C1(C(=O)O)CCC1. The lowest BCUT2D eigenvalue weighted by Gasteiger charge is -2.44. The van der Waals surface area contributed by atoms with Crippen molar-refractivity contribution in [2.24, 2.45) is 5.41 Å². The molecule has 1 aromatic carbocycles. The first-order valence-electron chi connectivity index (χ1n) is 5.59. The van der Waals surface area contributed by atoms with Crippen LogP contribution in [0.3, 0.4) is 0 Å². The van der Waals surface area contributed by atoms with Gasteiger partial charge in [0.05, 0.1) is 0 Å². The molecule has 17 heavy (non-hydrogen) atoms. The van der Waals surface area contributed by atoms with Crippen molar-refractivity contribution in [1.82, 2.24) is 0 Å². The molecule has 0 radical (unpaired) electrons. The number of rotatable bonds is 3. The third-order valence-electron chi connectivity index (χ3n) is 3.70. The predicted molar refractivity (Wildman–Crippen MR) is 59.0 cm³/mol. The van der Waals surface area contributed by atoms with Gasteiger partial charge in [0.25, 0.3) is 5.92 Å². The number of hydrogen-bond acceptors (Lipinski definition) is 1. The summed E-state index contributed by atoms with van der Waals surface area (Å²) >= 11 is 0. The van der Waals surface area contributed by atoms with E-state index in [1.165, 1.54) is 12.1 Å². The summed E-state index contributed by atoms with van der Waals surface area (Å²) in [5.74, 6) is -4.69. The fourth-order valence-electron chi connectivity index (χ4n) is 2.38. The van der Waals surface area contributed by atoms with Crippen molar-refractivity contribution in [2.45, 2.75) is 32.1 Å². The molecule has 1 aromatic rings. The Morgan fingerprint density at radius 2 is 1.94 bits per heavy atom. The molecule has 0 bridgehead atoms. The molecule has 2 nitrogen and oxygen atoms in total. The molecule has 0 spiro atoms. The number of aryl methyl sites for hydroxylation is 1. The molecule has 0 aromatic heterocycles. The molecule has 1 N–H and O–H groups in total. The van der Waals surface area contributed by atoms with Gasteiger partial charge in [-0.1, -0.05) is 30.7 Å². The van der Waals surface area contributed by atoms with Gasteiger partial charge < -0.3 is 5.11 Å². The molecule has 0 heterocycles. The quantitative estimate of drug-likeness (QED) is 0.879. The Bertz CT molecular complexity index is 450. The predicted octanol–water partition coefficient (Wildman–Crippen LogP) is 3.34. The first-order valence-corrected chi connectivity index (χ1v) is 5.59. The van der Waals surface area contributed by atoms with Crippen LogP contribution < -0.4 is 0 Å². The standard InChI is InChI=1S/C13H14F2O2/c1-9-5-2-3-6-10(9)13(14,15)12(11(16)17)7-4-8-12/h2-3,5-6H,4,7-8H2,1H3,(H,16,17). The molecule has 92 valence electrons. The Hall–Kier alpha value is -1.45. The number of alkyl halides is 2. The molecule has 1 aliphatic carbocycles. The number of hydrogen-bond donors (Lipinski definition) is 1. The average molecular weight is 240 g/mol. The summed E-state index contributed by atoms with van der Waals surface area (Å²) in [7, 11) is 0. The summed E-state index contributed by atoms with van der Waals surface area (Å²) in [6.45, 7) is 1.58. The number of carboxylic acid groups (broad SMARTS) is 1. The zero-order chi connectivity index (χ0) is 12.7. The van der Waals surface area contributed by atoms with Gasteiger partial charge in [-0.05, 0) is 25.3 Å². The van der Waals surface area contributed by atoms with Gasteiger partial charge in [-0.25, -0.2) is 8.78 Å². The van der Waals surface area contributed by atoms with Crippen LogP contribution in [0.2, 0.25) is 0 Å². The molecule has 0 amide bonds. The van der Waals surface area contributed by atoms with Gasteiger partial charge in [-0.15, -0.1) is 0 Å². The van der Waals surface area contributed by atoms with E-state index in [2.05, 4.69) is 0 Å². The normalized spacial score (nSPS) is 18.5. The van der Waals surface area contributed by atoms with Crippen LogP contribution in [-0.2, 0) is 10.7 Å². The molecular formula is C13H14F2O2. The second kappa shape index (κ2) is 3.79. The van der Waals surface area contributed by atoms with E-state index >= 15 is 0 Å². The van der Waals surface area contributed by atoms with E-state index in [1.54, 1.807) is 19.1 Å². The minimum absolute atomic E-state index is 0.0453. The fourth-order valence-corrected chi connectivity index (χ4v) is 2.38. The van der Waals surface area contributed by atoms with Crippen molar-refractivity contribution in [3.63, 3.8) is 0 Å². The van der Waals surface area contributed by atoms with Crippen LogP contribution in [0, 0.1) is 12.3 Å². The zero-order valence-corrected chi connectivity index (χ0v) is 9.54. The molecule has 1 fully saturated rings. The van der Waals surface area contributed by atoms with E-state index < -0.39 is 17.3 Å². The van der Waals surface area contributed by atoms with Gasteiger partial charge >= 0.3 is 5.97 Å². The minimum Gasteiger partial charge on any atom is -0.481 e. The molecule has 0 unspecified atom stereocenters. The number of carboxylic acids is 1. The summed E-state index contributed by atoms with van der Waals surface area (Å²) in [6.07, 6.45) is 0.640. The van der Waals surface area contributed by atoms with Gasteiger partial charge in [-0.2, -0.15) is 0 Å². The van der Waals surface area contributed by atoms with E-state index in [1.807, 2.05) is 0 Å². The van der Waals surface area contributed by atoms with Crippen molar-refractivity contribution in [3.05, 3.63) is 35.4 Å². The molecule has 0 aliphatic heterocycles. The summed E-state index contributed by atoms with van der Waals surface area (Å²) in [5, 5.41) is 9.09. The van der Waals surface area contributed by atoms with Gasteiger partial charge in [-0.3, -0.25) is 4.79 Å². The molecule has 0 atom stereocenters. The summed E-state index contributed by atoms with van der Waals surface area (Å²) in [5.41, 5.74) is -1.63. The first kappa shape index (κ1) is 12.0. The van der Waals surface area contributed by atoms with Crippen molar-refractivity contribution >= 4 is 5.97 Å². The van der Waals surface area contributed by atoms with Crippen LogP contribution in [-0.4, -0.2) is 11.1 Å². The molecular weight excluding hydrogens is 226 g/mol. The Kier molecular flexibility index (Phi) is 2.68. The second-order valence-electron chi connectivity index (χ2n) is 4.63. The monoisotopic (exact) mass is 240 g/mol. The van der Waals surface area contributed by atoms with Crippen molar-refractivity contribution < 1.29 is 18.7 Å². The smallest absolute Gasteiger partial charge is 0.316 e. The molecule has 1 saturated carbocycles. The molecule has 4 heteroatoms. The minimum atomic E-state index is -3.30. The maximum absolute atomic E-state index is 14.4. The second-order valence-corrected chi connectivity index (χ2v) is 4.63. The van der Waals surface area contributed by atoms with Crippen LogP contribution in [0.1, 0.15) is 30.4 Å². The molecule has 1 aliphatic rings. The van der Waals surface area contributed by atoms with Crippen LogP contribution in [0.4, 0.5) is 8.78 Å². The Morgan fingerprint density at radius 3 is 2.35 bits per heavy atom. The summed E-state index contributed by atoms with van der Waals surface area (Å²) in [4.78, 5) is 11.2. The van der Waals surface area contributed by atoms with Gasteiger partial charge in [0, 0.05) is 5.56 Å². The van der Waals surface area contributed by atoms with Crippen LogP contribution in [0.5, 0.6) is 0 Å². The van der Waals surface area contributed by atoms with Gasteiger partial charge in [0.2, 0.25) is 0 Å². The number of carbonyl (C=O) groups is 1. The van der Waals surface area contributed by atoms with Crippen LogP contribution >= 0.6 is 0 Å². The Morgan fingerprint density at radius 1 is 1.35 bits per heavy atom. The van der Waals surface area contributed by atoms with E-state index in [0.717, 1.165) is 0 Å². The summed E-state index contributed by atoms with van der Waals surface area (Å²) < 4.78 is 28.8. The van der Waals surface area contributed by atoms with E-state index in [-0.39, 0.29) is 18.4 Å². The molecule has 0 saturated heterocycles. The number of aliphatic carboxylic acids is 1. The maximum Gasteiger partial charge on any atom is 0.316 e. The van der Waals surface area contributed by atoms with Crippen molar-refractivity contribution in [2.75, 3.05) is 0 Å². The highest BCUT2D eigenvalue weighted by Crippen LogP contribution is 2.57. The van der Waals surface area contributed by atoms with Crippen LogP contribution in [0.15, 0.2) is 24.3 Å². The topological polar surface area (TPSA) is 37.3 Å². The van der Waals surface area contributed by atoms with Crippen molar-refractivity contribution in [1.29, 1.82) is 0 Å². The number of halogens is 2. The van der Waals surface area contributed by atoms with E-state index in [0.29, 0.717) is 12.0 Å². The third kappa shape index (κ3) is 1.54. The maximum atomic E-state index is 14.4. The lowest BCUT2D eigenvalue weighted by molar-refractivity contribution is -0.201. The molecule has 2 rings (SSSR count). The lowest BCUT2D eigenvalue weighted by Crippen LogP contribution is -2.50. The van der Waals surface area contributed by atoms with Gasteiger partial charge in [0.15, 0.2) is 0 Å². The highest BCUT2D eigenvalue weighted by Gasteiger charge is 2.63. The average Bonchev–Trinajstić information content (AvgIpc) is 2.14. The first-order chi connectivity index (χ1) is 7.92. The van der Waals surface area contributed by atoms with Gasteiger partial charge in [0.1, 0.15) is 5.41 Å². The van der Waals surface area contributed by atoms with Crippen LogP contribution in [0.25, 0.3) is 0 Å². The fraction of sp³-hybridized carbons (Fsp3) is 0.462. The highest BCUT2D eigenvalue weighted by molar-refractivity contribution is 5.77. The highest BCUT2D eigenvalue weighted by atomic mass is 19.3. The van der Waals surface area contributed by atoms with E-state index in [9.17, 15) is 13.6 Å². The Balaban J connectivity index is 2.49. The zero-order valence-electron chi connectivity index (χ0n) is 9.54. The number of benzene rings is 1. The lowest BCUT2D eigenvalue weighted by atomic mass is 9.62. The Labute approximate surface area is 98.3 Å². The summed E-state index contributed by atoms with van der Waals surface area (Å²) in [6, 6.07) is 6.09.